The van der Waals surface area contributed by atoms with Crippen LogP contribution in [0.4, 0.5) is 0 Å². The minimum atomic E-state index is -0.530. The van der Waals surface area contributed by atoms with Crippen molar-refractivity contribution >= 4 is 5.97 Å². The predicted molar refractivity (Wildman–Crippen MR) is 168 cm³/mol. The summed E-state index contributed by atoms with van der Waals surface area (Å²) in [7, 11) is 0. The minimum absolute atomic E-state index is 0.147. The summed E-state index contributed by atoms with van der Waals surface area (Å²) in [5, 5.41) is 41.7. The lowest BCUT2D eigenvalue weighted by atomic mass is 9.99. The first-order chi connectivity index (χ1) is 20.3. The van der Waals surface area contributed by atoms with Crippen molar-refractivity contribution in [1.29, 1.82) is 0 Å². The van der Waals surface area contributed by atoms with E-state index >= 15 is 0 Å². The maximum Gasteiger partial charge on any atom is 0.334 e. The van der Waals surface area contributed by atoms with E-state index in [1.165, 1.54) is 57.8 Å². The van der Waals surface area contributed by atoms with Crippen LogP contribution in [0.5, 0.6) is 0 Å². The summed E-state index contributed by atoms with van der Waals surface area (Å²) < 4.78 is 11.1. The van der Waals surface area contributed by atoms with Gasteiger partial charge in [-0.25, -0.2) is 4.79 Å². The number of hydrogen-bond acceptors (Lipinski definition) is 7. The lowest BCUT2D eigenvalue weighted by Crippen LogP contribution is -2.31. The number of ether oxygens (including phenoxy) is 2. The molecule has 0 unspecified atom stereocenters. The number of aliphatic hydroxyl groups excluding tert-OH is 4. The van der Waals surface area contributed by atoms with Crippen LogP contribution in [0.15, 0.2) is 11.6 Å². The second kappa shape index (κ2) is 22.5. The molecule has 0 bridgehead atoms. The maximum atomic E-state index is 11.6. The van der Waals surface area contributed by atoms with Gasteiger partial charge < -0.3 is 29.9 Å². The predicted octanol–water partition coefficient (Wildman–Crippen LogP) is 7.06. The fraction of sp³-hybridized carbons (Fsp3) is 0.914. The lowest BCUT2D eigenvalue weighted by molar-refractivity contribution is -0.139. The maximum absolute atomic E-state index is 11.6. The van der Waals surface area contributed by atoms with Crippen molar-refractivity contribution in [2.24, 2.45) is 0 Å². The molecule has 0 radical (unpaired) electrons. The summed E-state index contributed by atoms with van der Waals surface area (Å²) in [6, 6.07) is 0. The van der Waals surface area contributed by atoms with Gasteiger partial charge in [-0.1, -0.05) is 103 Å². The molecule has 2 aliphatic heterocycles. The summed E-state index contributed by atoms with van der Waals surface area (Å²) in [6.07, 6.45) is 22.4. The molecule has 42 heavy (non-hydrogen) atoms. The van der Waals surface area contributed by atoms with Crippen LogP contribution in [0.25, 0.3) is 0 Å². The Bertz CT molecular complexity index is 726. The number of esters is 1. The normalized spacial score (nSPS) is 23.5. The van der Waals surface area contributed by atoms with Crippen LogP contribution in [0, 0.1) is 0 Å². The van der Waals surface area contributed by atoms with Gasteiger partial charge in [-0.3, -0.25) is 0 Å². The van der Waals surface area contributed by atoms with Gasteiger partial charge in [-0.15, -0.1) is 0 Å². The third-order valence-corrected chi connectivity index (χ3v) is 9.11. The van der Waals surface area contributed by atoms with Crippen molar-refractivity contribution in [3.63, 3.8) is 0 Å². The molecule has 7 heteroatoms. The first kappa shape index (κ1) is 37.2. The van der Waals surface area contributed by atoms with Gasteiger partial charge in [0.2, 0.25) is 0 Å². The van der Waals surface area contributed by atoms with E-state index in [1.54, 1.807) is 6.08 Å². The van der Waals surface area contributed by atoms with Crippen molar-refractivity contribution in [2.45, 2.75) is 204 Å². The molecule has 1 saturated heterocycles. The topological polar surface area (TPSA) is 116 Å². The molecule has 246 valence electrons. The van der Waals surface area contributed by atoms with Crippen molar-refractivity contribution in [3.05, 3.63) is 11.6 Å². The van der Waals surface area contributed by atoms with E-state index in [9.17, 15) is 25.2 Å². The number of aliphatic hydroxyl groups is 4. The van der Waals surface area contributed by atoms with Crippen LogP contribution in [0.2, 0.25) is 0 Å². The number of cyclic esters (lactones) is 1. The molecule has 0 amide bonds. The van der Waals surface area contributed by atoms with E-state index in [2.05, 4.69) is 6.92 Å². The summed E-state index contributed by atoms with van der Waals surface area (Å²) in [6.45, 7) is 4.07. The van der Waals surface area contributed by atoms with Gasteiger partial charge in [0.15, 0.2) is 0 Å². The number of carbonyl (C=O) groups excluding carboxylic acids is 1. The fourth-order valence-corrected chi connectivity index (χ4v) is 6.42. The van der Waals surface area contributed by atoms with Gasteiger partial charge in [0.1, 0.15) is 6.10 Å². The Morgan fingerprint density at radius 3 is 1.62 bits per heavy atom. The van der Waals surface area contributed by atoms with Gasteiger partial charge in [0.05, 0.1) is 36.6 Å². The summed E-state index contributed by atoms with van der Waals surface area (Å²) in [4.78, 5) is 11.6. The quantitative estimate of drug-likeness (QED) is 0.0624. The van der Waals surface area contributed by atoms with Crippen LogP contribution >= 0.6 is 0 Å². The monoisotopic (exact) mass is 596 g/mol. The van der Waals surface area contributed by atoms with Crippen LogP contribution in [-0.4, -0.2) is 69.1 Å². The molecule has 7 nitrogen and oxygen atoms in total. The first-order valence-corrected chi connectivity index (χ1v) is 17.6. The van der Waals surface area contributed by atoms with E-state index < -0.39 is 18.3 Å². The van der Waals surface area contributed by atoms with Crippen molar-refractivity contribution in [3.8, 4) is 0 Å². The molecular formula is C35H64O7. The summed E-state index contributed by atoms with van der Waals surface area (Å²) in [5.74, 6) is -0.314. The van der Waals surface area contributed by atoms with Crippen molar-refractivity contribution in [2.75, 3.05) is 0 Å². The van der Waals surface area contributed by atoms with E-state index in [0.29, 0.717) is 24.8 Å². The Labute approximate surface area is 256 Å². The second-order valence-electron chi connectivity index (χ2n) is 13.1. The number of rotatable bonds is 26. The highest BCUT2D eigenvalue weighted by molar-refractivity contribution is 5.90. The van der Waals surface area contributed by atoms with E-state index in [-0.39, 0.29) is 30.4 Å². The molecule has 4 N–H and O–H groups in total. The Morgan fingerprint density at radius 1 is 0.667 bits per heavy atom. The fourth-order valence-electron chi connectivity index (χ4n) is 6.42. The second-order valence-corrected chi connectivity index (χ2v) is 13.1. The lowest BCUT2D eigenvalue weighted by Gasteiger charge is -2.22. The largest absolute Gasteiger partial charge is 0.455 e. The highest BCUT2D eigenvalue weighted by Gasteiger charge is 2.34. The number of carbonyl (C=O) groups is 1. The molecule has 0 aromatic carbocycles. The smallest absolute Gasteiger partial charge is 0.334 e. The van der Waals surface area contributed by atoms with Crippen molar-refractivity contribution < 1.29 is 34.7 Å². The zero-order valence-corrected chi connectivity index (χ0v) is 26.9. The third-order valence-electron chi connectivity index (χ3n) is 9.11. The van der Waals surface area contributed by atoms with Gasteiger partial charge in [0.25, 0.3) is 0 Å². The van der Waals surface area contributed by atoms with Gasteiger partial charge in [-0.2, -0.15) is 0 Å². The molecule has 2 rings (SSSR count). The van der Waals surface area contributed by atoms with Gasteiger partial charge >= 0.3 is 5.97 Å². The average molecular weight is 597 g/mol. The molecular weight excluding hydrogens is 532 g/mol. The molecule has 2 heterocycles. The van der Waals surface area contributed by atoms with Gasteiger partial charge in [-0.05, 0) is 57.9 Å². The third kappa shape index (κ3) is 16.2. The SMILES string of the molecule is CCCCCCCCCCCC[C@@H](O)[C@@H]1CC[C@@H]([C@@H](O)CCCC[C@H](O)CCCCC[C@H](O)CC2=C[C@@H](C)OC2=O)O1. The molecule has 0 spiro atoms. The van der Waals surface area contributed by atoms with Crippen LogP contribution in [0.3, 0.4) is 0 Å². The molecule has 0 aromatic heterocycles. The van der Waals surface area contributed by atoms with Gasteiger partial charge in [0, 0.05) is 12.0 Å². The number of hydrogen-bond donors (Lipinski definition) is 4. The zero-order valence-electron chi connectivity index (χ0n) is 26.9. The molecule has 0 aliphatic carbocycles. The van der Waals surface area contributed by atoms with E-state index in [1.807, 2.05) is 6.92 Å². The average Bonchev–Trinajstić information content (AvgIpc) is 3.58. The molecule has 0 saturated carbocycles. The molecule has 0 aromatic rings. The van der Waals surface area contributed by atoms with Crippen LogP contribution < -0.4 is 0 Å². The Balaban J connectivity index is 1.41. The Hall–Kier alpha value is -0.990. The van der Waals surface area contributed by atoms with E-state index in [0.717, 1.165) is 70.6 Å². The summed E-state index contributed by atoms with van der Waals surface area (Å²) in [5.41, 5.74) is 0.576. The first-order valence-electron chi connectivity index (χ1n) is 17.6. The van der Waals surface area contributed by atoms with E-state index in [4.69, 9.17) is 9.47 Å². The standard InChI is InChI=1S/C35H64O7/c1-3-4-5-6-7-8-9-10-11-15-21-31(38)33-23-24-34(42-33)32(39)22-17-16-19-29(36)18-13-12-14-20-30(37)26-28-25-27(2)41-35(28)40/h25,27,29-34,36-39H,3-24,26H2,1-2H3/t27-,29-,30+,31-,32+,33+,34+/m1/s1. The van der Waals surface area contributed by atoms with Crippen molar-refractivity contribution in [1.82, 2.24) is 0 Å². The Morgan fingerprint density at radius 2 is 1.10 bits per heavy atom. The molecule has 1 fully saturated rings. The number of unbranched alkanes of at least 4 members (excludes halogenated alkanes) is 12. The van der Waals surface area contributed by atoms with Crippen LogP contribution in [0.1, 0.15) is 162 Å². The highest BCUT2D eigenvalue weighted by Crippen LogP contribution is 2.28. The summed E-state index contributed by atoms with van der Waals surface area (Å²) >= 11 is 0. The minimum Gasteiger partial charge on any atom is -0.455 e. The Kier molecular flexibility index (Phi) is 19.9. The van der Waals surface area contributed by atoms with Crippen LogP contribution in [-0.2, 0) is 14.3 Å². The molecule has 7 atom stereocenters. The highest BCUT2D eigenvalue weighted by atomic mass is 16.5. The molecule has 2 aliphatic rings. The zero-order chi connectivity index (χ0) is 30.6.